The molecule has 1 aliphatic heterocycles. The highest BCUT2D eigenvalue weighted by Crippen LogP contribution is 2.38. The maximum Gasteiger partial charge on any atom is 0.416 e. The van der Waals surface area contributed by atoms with Crippen LogP contribution in [0.25, 0.3) is 5.65 Å². The fraction of sp³-hybridized carbons (Fsp3) is 0.548. The van der Waals surface area contributed by atoms with Crippen LogP contribution in [0.15, 0.2) is 36.5 Å². The molecule has 1 aliphatic rings. The number of carboxylic acid groups (broad SMARTS) is 1. The number of ether oxygens (including phenoxy) is 1. The first-order chi connectivity index (χ1) is 19.1. The molecule has 3 heterocycles. The quantitative estimate of drug-likeness (QED) is 0.321. The van der Waals surface area contributed by atoms with Gasteiger partial charge in [0.25, 0.3) is 0 Å². The Hall–Kier alpha value is -3.82. The van der Waals surface area contributed by atoms with E-state index in [1.807, 2.05) is 57.3 Å². The van der Waals surface area contributed by atoms with Crippen molar-refractivity contribution in [2.75, 3.05) is 23.7 Å². The van der Waals surface area contributed by atoms with E-state index in [1.54, 1.807) is 9.42 Å². The number of benzene rings is 1. The summed E-state index contributed by atoms with van der Waals surface area (Å²) in [6, 6.07) is 9.37. The van der Waals surface area contributed by atoms with Gasteiger partial charge in [0.2, 0.25) is 0 Å². The largest absolute Gasteiger partial charge is 0.465 e. The molecule has 1 aromatic carbocycles. The highest BCUT2D eigenvalue weighted by atomic mass is 16.6. The molecule has 0 unspecified atom stereocenters. The van der Waals surface area contributed by atoms with Gasteiger partial charge in [0.1, 0.15) is 11.4 Å². The summed E-state index contributed by atoms with van der Waals surface area (Å²) in [6.07, 6.45) is 2.84. The molecule has 1 atom stereocenters. The fourth-order valence-electron chi connectivity index (χ4n) is 5.53. The number of piperidine rings is 1. The van der Waals surface area contributed by atoms with Gasteiger partial charge in [-0.3, -0.25) is 4.90 Å². The average Bonchev–Trinajstić information content (AvgIpc) is 3.30. The molecule has 41 heavy (non-hydrogen) atoms. The van der Waals surface area contributed by atoms with Gasteiger partial charge in [-0.2, -0.15) is 9.61 Å². The van der Waals surface area contributed by atoms with Crippen LogP contribution in [0.5, 0.6) is 0 Å². The topological polar surface area (TPSA) is 126 Å². The lowest BCUT2D eigenvalue weighted by Gasteiger charge is -2.40. The third-order valence-electron chi connectivity index (χ3n) is 7.77. The highest BCUT2D eigenvalue weighted by Gasteiger charge is 2.36. The number of carbonyl (C=O) groups excluding carboxylic acids is 1. The van der Waals surface area contributed by atoms with Crippen LogP contribution in [-0.2, 0) is 17.7 Å². The first-order valence-electron chi connectivity index (χ1n) is 14.3. The average molecular weight is 565 g/mol. The third kappa shape index (κ3) is 7.10. The van der Waals surface area contributed by atoms with Gasteiger partial charge in [-0.15, -0.1) is 0 Å². The van der Waals surface area contributed by atoms with E-state index >= 15 is 0 Å². The molecule has 2 aromatic heterocycles. The van der Waals surface area contributed by atoms with E-state index in [4.69, 9.17) is 15.5 Å². The highest BCUT2D eigenvalue weighted by molar-refractivity contribution is 5.87. The summed E-state index contributed by atoms with van der Waals surface area (Å²) >= 11 is 0. The molecule has 3 N–H and O–H groups in total. The summed E-state index contributed by atoms with van der Waals surface area (Å²) in [4.78, 5) is 33.6. The first kappa shape index (κ1) is 30.1. The molecule has 1 saturated heterocycles. The number of hydrogen-bond donors (Lipinski definition) is 2. The van der Waals surface area contributed by atoms with Crippen LogP contribution in [0.2, 0.25) is 0 Å². The third-order valence-corrected chi connectivity index (χ3v) is 7.77. The van der Waals surface area contributed by atoms with E-state index in [-0.39, 0.29) is 23.8 Å². The summed E-state index contributed by atoms with van der Waals surface area (Å²) in [5.41, 5.74) is 9.08. The van der Waals surface area contributed by atoms with Crippen LogP contribution in [0.3, 0.4) is 0 Å². The Morgan fingerprint density at radius 1 is 1.20 bits per heavy atom. The van der Waals surface area contributed by atoms with Crippen molar-refractivity contribution in [1.29, 1.82) is 0 Å². The van der Waals surface area contributed by atoms with Crippen molar-refractivity contribution in [2.45, 2.75) is 85.8 Å². The van der Waals surface area contributed by atoms with Crippen molar-refractivity contribution < 1.29 is 19.4 Å². The van der Waals surface area contributed by atoms with E-state index in [2.05, 4.69) is 32.8 Å². The summed E-state index contributed by atoms with van der Waals surface area (Å²) in [7, 11) is 0. The fourth-order valence-corrected chi connectivity index (χ4v) is 5.53. The minimum absolute atomic E-state index is 0.169. The van der Waals surface area contributed by atoms with E-state index in [9.17, 15) is 14.7 Å². The van der Waals surface area contributed by atoms with Crippen LogP contribution in [0, 0.1) is 11.3 Å². The lowest BCUT2D eigenvalue weighted by Crippen LogP contribution is -2.44. The van der Waals surface area contributed by atoms with Crippen LogP contribution < -0.4 is 10.6 Å². The van der Waals surface area contributed by atoms with Crippen LogP contribution in [0.1, 0.15) is 84.0 Å². The molecule has 0 radical (unpaired) electrons. The van der Waals surface area contributed by atoms with E-state index < -0.39 is 17.8 Å². The molecular weight excluding hydrogens is 520 g/mol. The van der Waals surface area contributed by atoms with E-state index in [1.165, 1.54) is 4.90 Å². The predicted molar refractivity (Wildman–Crippen MR) is 160 cm³/mol. The lowest BCUT2D eigenvalue weighted by molar-refractivity contribution is 0.0575. The number of amides is 2. The molecule has 10 nitrogen and oxygen atoms in total. The van der Waals surface area contributed by atoms with Crippen LogP contribution >= 0.6 is 0 Å². The molecular formula is C31H44N6O4. The molecule has 3 aromatic rings. The summed E-state index contributed by atoms with van der Waals surface area (Å²) < 4.78 is 7.58. The number of carbonyl (C=O) groups is 2. The maximum absolute atomic E-state index is 13.7. The number of anilines is 2. The molecule has 0 saturated carbocycles. The van der Waals surface area contributed by atoms with E-state index in [0.717, 1.165) is 29.7 Å². The number of nitrogens with two attached hydrogens (primary N) is 1. The zero-order valence-corrected chi connectivity index (χ0v) is 25.3. The molecule has 0 spiro atoms. The van der Waals surface area contributed by atoms with Gasteiger partial charge >= 0.3 is 12.2 Å². The monoisotopic (exact) mass is 564 g/mol. The van der Waals surface area contributed by atoms with Gasteiger partial charge < -0.3 is 20.5 Å². The van der Waals surface area contributed by atoms with Gasteiger partial charge in [-0.05, 0) is 75.0 Å². The Morgan fingerprint density at radius 3 is 2.56 bits per heavy atom. The van der Waals surface area contributed by atoms with Crippen molar-refractivity contribution in [3.05, 3.63) is 53.3 Å². The number of likely N-dealkylation sites (tertiary alicyclic amines) is 1. The van der Waals surface area contributed by atoms with Gasteiger partial charge in [-0.1, -0.05) is 39.8 Å². The molecule has 1 fully saturated rings. The number of nitrogen functional groups attached to an aromatic ring is 1. The van der Waals surface area contributed by atoms with Crippen LogP contribution in [-0.4, -0.2) is 55.5 Å². The van der Waals surface area contributed by atoms with Crippen molar-refractivity contribution in [3.8, 4) is 0 Å². The number of rotatable bonds is 7. The van der Waals surface area contributed by atoms with Crippen molar-refractivity contribution in [3.63, 3.8) is 0 Å². The Kier molecular flexibility index (Phi) is 8.52. The number of fused-ring (bicyclic) bond motifs is 1. The number of hydrogen-bond acceptors (Lipinski definition) is 6. The Balaban J connectivity index is 1.81. The van der Waals surface area contributed by atoms with Crippen molar-refractivity contribution in [2.24, 2.45) is 11.3 Å². The summed E-state index contributed by atoms with van der Waals surface area (Å²) in [5, 5.41) is 14.3. The summed E-state index contributed by atoms with van der Waals surface area (Å²) in [6.45, 7) is 15.4. The van der Waals surface area contributed by atoms with Gasteiger partial charge in [0.05, 0.1) is 12.7 Å². The molecule has 10 heteroatoms. The zero-order valence-electron chi connectivity index (χ0n) is 25.3. The zero-order chi connectivity index (χ0) is 30.1. The SMILES string of the molecule is CC(C)c1cnn2c(N(Cc3cccc(N)c3)C(=O)OC(C)(C)C)cc(CC(C)(C)[C@H]3CCCN(C(=O)O)C3)nc12. The van der Waals surface area contributed by atoms with Gasteiger partial charge in [-0.25, -0.2) is 14.6 Å². The molecule has 2 amide bonds. The van der Waals surface area contributed by atoms with Crippen molar-refractivity contribution in [1.82, 2.24) is 19.5 Å². The first-order valence-corrected chi connectivity index (χ1v) is 14.3. The second kappa shape index (κ2) is 11.6. The second-order valence-electron chi connectivity index (χ2n) is 13.1. The lowest BCUT2D eigenvalue weighted by atomic mass is 9.72. The Labute approximate surface area is 242 Å². The molecule has 0 bridgehead atoms. The van der Waals surface area contributed by atoms with Crippen molar-refractivity contribution >= 4 is 29.3 Å². The Morgan fingerprint density at radius 2 is 1.93 bits per heavy atom. The molecule has 4 rings (SSSR count). The van der Waals surface area contributed by atoms with Gasteiger partial charge in [0.15, 0.2) is 5.65 Å². The normalized spacial score (nSPS) is 16.3. The van der Waals surface area contributed by atoms with E-state index in [0.29, 0.717) is 36.7 Å². The Bertz CT molecular complexity index is 1410. The molecule has 0 aliphatic carbocycles. The molecule has 222 valence electrons. The summed E-state index contributed by atoms with van der Waals surface area (Å²) in [5.74, 6) is 0.903. The predicted octanol–water partition coefficient (Wildman–Crippen LogP) is 6.34. The van der Waals surface area contributed by atoms with Crippen LogP contribution in [0.4, 0.5) is 21.1 Å². The van der Waals surface area contributed by atoms with Gasteiger partial charge in [0, 0.05) is 36.1 Å². The smallest absolute Gasteiger partial charge is 0.416 e. The standard InChI is InChI=1S/C31H44N6O4/c1-20(2)25-17-33-37-26(36(29(40)41-30(3,4)5)18-21-10-8-12-23(32)14-21)15-24(34-27(25)37)16-31(6,7)22-11-9-13-35(19-22)28(38)39/h8,10,12,14-15,17,20,22H,9,11,13,16,18-19,32H2,1-7H3,(H,38,39)/t22-/m0/s1. The number of nitrogens with zero attached hydrogens (tertiary/aromatic N) is 5. The minimum Gasteiger partial charge on any atom is -0.465 e. The minimum atomic E-state index is -0.872. The second-order valence-corrected chi connectivity index (χ2v) is 13.1. The maximum atomic E-state index is 13.7. The number of aromatic nitrogens is 3.